The van der Waals surface area contributed by atoms with Crippen molar-refractivity contribution in [3.8, 4) is 0 Å². The Balaban J connectivity index is 2.74. The maximum Gasteiger partial charge on any atom is 0.142 e. The van der Waals surface area contributed by atoms with Crippen LogP contribution in [-0.2, 0) is 6.54 Å². The monoisotopic (exact) mass is 271 g/mol. The summed E-state index contributed by atoms with van der Waals surface area (Å²) >= 11 is 5.92. The lowest BCUT2D eigenvalue weighted by Gasteiger charge is -2.24. The molecular formula is C13H19ClFN3. The summed E-state index contributed by atoms with van der Waals surface area (Å²) in [6.45, 7) is 5.94. The van der Waals surface area contributed by atoms with Crippen molar-refractivity contribution in [2.45, 2.75) is 20.4 Å². The molecule has 0 aliphatic rings. The Morgan fingerprint density at radius 3 is 2.78 bits per heavy atom. The summed E-state index contributed by atoms with van der Waals surface area (Å²) in [5.74, 6) is -0.249. The van der Waals surface area contributed by atoms with Crippen molar-refractivity contribution in [1.29, 1.82) is 5.41 Å². The van der Waals surface area contributed by atoms with Gasteiger partial charge in [-0.2, -0.15) is 0 Å². The Bertz CT molecular complexity index is 423. The van der Waals surface area contributed by atoms with Crippen molar-refractivity contribution in [3.05, 3.63) is 34.6 Å². The number of nitrogens with zero attached hydrogens (tertiary/aromatic N) is 1. The number of nitrogens with two attached hydrogens (primary N) is 1. The van der Waals surface area contributed by atoms with Gasteiger partial charge in [-0.3, -0.25) is 10.3 Å². The van der Waals surface area contributed by atoms with E-state index < -0.39 is 5.82 Å². The molecular weight excluding hydrogens is 253 g/mol. The van der Waals surface area contributed by atoms with Crippen molar-refractivity contribution >= 4 is 17.4 Å². The first kappa shape index (κ1) is 14.9. The van der Waals surface area contributed by atoms with Crippen LogP contribution in [0.25, 0.3) is 0 Å². The number of benzene rings is 1. The number of nitrogens with one attached hydrogen (secondary N) is 1. The molecule has 0 spiro atoms. The summed E-state index contributed by atoms with van der Waals surface area (Å²) in [5, 5.41) is 7.56. The van der Waals surface area contributed by atoms with E-state index in [9.17, 15) is 4.39 Å². The van der Waals surface area contributed by atoms with Crippen molar-refractivity contribution in [1.82, 2.24) is 4.90 Å². The normalized spacial score (nSPS) is 12.7. The highest BCUT2D eigenvalue weighted by atomic mass is 35.5. The zero-order chi connectivity index (χ0) is 13.7. The van der Waals surface area contributed by atoms with Crippen LogP contribution in [0, 0.1) is 17.1 Å². The molecule has 1 aromatic carbocycles. The lowest BCUT2D eigenvalue weighted by Crippen LogP contribution is -2.34. The highest BCUT2D eigenvalue weighted by Gasteiger charge is 2.14. The predicted octanol–water partition coefficient (Wildman–Crippen LogP) is 2.87. The minimum Gasteiger partial charge on any atom is -0.387 e. The molecule has 0 heterocycles. The number of rotatable bonds is 6. The SMILES string of the molecule is CCN(Cc1cccc(F)c1Cl)CC(C)C(=N)N. The molecule has 1 rings (SSSR count). The second kappa shape index (κ2) is 6.71. The maximum atomic E-state index is 13.3. The van der Waals surface area contributed by atoms with Crippen LogP contribution >= 0.6 is 11.6 Å². The first-order valence-electron chi connectivity index (χ1n) is 5.94. The van der Waals surface area contributed by atoms with Gasteiger partial charge in [0.05, 0.1) is 10.9 Å². The fourth-order valence-electron chi connectivity index (χ4n) is 1.70. The van der Waals surface area contributed by atoms with E-state index in [0.29, 0.717) is 13.1 Å². The van der Waals surface area contributed by atoms with Crippen molar-refractivity contribution in [2.24, 2.45) is 11.7 Å². The quantitative estimate of drug-likeness (QED) is 0.617. The van der Waals surface area contributed by atoms with Crippen LogP contribution in [0.3, 0.4) is 0 Å². The second-order valence-corrected chi connectivity index (χ2v) is 4.78. The van der Waals surface area contributed by atoms with Crippen LogP contribution in [0.1, 0.15) is 19.4 Å². The smallest absolute Gasteiger partial charge is 0.142 e. The molecule has 0 saturated carbocycles. The predicted molar refractivity (Wildman–Crippen MR) is 73.4 cm³/mol. The molecule has 0 amide bonds. The number of hydrogen-bond acceptors (Lipinski definition) is 2. The van der Waals surface area contributed by atoms with Crippen molar-refractivity contribution < 1.29 is 4.39 Å². The minimum atomic E-state index is -0.398. The van der Waals surface area contributed by atoms with E-state index in [1.165, 1.54) is 6.07 Å². The summed E-state index contributed by atoms with van der Waals surface area (Å²) < 4.78 is 13.3. The van der Waals surface area contributed by atoms with Gasteiger partial charge in [0.15, 0.2) is 0 Å². The number of hydrogen-bond donors (Lipinski definition) is 2. The van der Waals surface area contributed by atoms with Gasteiger partial charge in [0.1, 0.15) is 5.82 Å². The zero-order valence-electron chi connectivity index (χ0n) is 10.7. The highest BCUT2D eigenvalue weighted by Crippen LogP contribution is 2.21. The summed E-state index contributed by atoms with van der Waals surface area (Å²) in [5.41, 5.74) is 6.22. The summed E-state index contributed by atoms with van der Waals surface area (Å²) in [6.07, 6.45) is 0. The van der Waals surface area contributed by atoms with E-state index in [4.69, 9.17) is 22.7 Å². The standard InChI is InChI=1S/C13H19ClFN3/c1-3-18(7-9(2)13(16)17)8-10-5-4-6-11(15)12(10)14/h4-6,9H,3,7-8H2,1-2H3,(H3,16,17). The Morgan fingerprint density at radius 2 is 2.22 bits per heavy atom. The molecule has 1 atom stereocenters. The van der Waals surface area contributed by atoms with Gasteiger partial charge in [0.2, 0.25) is 0 Å². The van der Waals surface area contributed by atoms with E-state index in [0.717, 1.165) is 12.1 Å². The zero-order valence-corrected chi connectivity index (χ0v) is 11.5. The molecule has 0 aliphatic carbocycles. The lowest BCUT2D eigenvalue weighted by atomic mass is 10.1. The average Bonchev–Trinajstić information content (AvgIpc) is 2.33. The molecule has 18 heavy (non-hydrogen) atoms. The summed E-state index contributed by atoms with van der Waals surface area (Å²) in [6, 6.07) is 4.81. The van der Waals surface area contributed by atoms with Crippen LogP contribution in [-0.4, -0.2) is 23.8 Å². The third-order valence-electron chi connectivity index (χ3n) is 2.94. The largest absolute Gasteiger partial charge is 0.387 e. The van der Waals surface area contributed by atoms with Gasteiger partial charge in [0, 0.05) is 19.0 Å². The van der Waals surface area contributed by atoms with E-state index in [1.807, 2.05) is 19.9 Å². The molecule has 0 aliphatic heterocycles. The molecule has 3 N–H and O–H groups in total. The Labute approximate surface area is 112 Å². The molecule has 0 aromatic heterocycles. The highest BCUT2D eigenvalue weighted by molar-refractivity contribution is 6.31. The maximum absolute atomic E-state index is 13.3. The Morgan fingerprint density at radius 1 is 1.56 bits per heavy atom. The topological polar surface area (TPSA) is 53.1 Å². The molecule has 0 saturated heterocycles. The van der Waals surface area contributed by atoms with Crippen molar-refractivity contribution in [2.75, 3.05) is 13.1 Å². The molecule has 1 aromatic rings. The fraction of sp³-hybridized carbons (Fsp3) is 0.462. The molecule has 3 nitrogen and oxygen atoms in total. The fourth-order valence-corrected chi connectivity index (χ4v) is 1.89. The van der Waals surface area contributed by atoms with Crippen LogP contribution in [0.5, 0.6) is 0 Å². The van der Waals surface area contributed by atoms with Gasteiger partial charge in [-0.1, -0.05) is 37.6 Å². The first-order valence-corrected chi connectivity index (χ1v) is 6.32. The first-order chi connectivity index (χ1) is 8.45. The Kier molecular flexibility index (Phi) is 5.56. The van der Waals surface area contributed by atoms with Gasteiger partial charge >= 0.3 is 0 Å². The van der Waals surface area contributed by atoms with E-state index in [1.54, 1.807) is 6.07 Å². The van der Waals surface area contributed by atoms with Gasteiger partial charge in [-0.15, -0.1) is 0 Å². The molecule has 100 valence electrons. The average molecular weight is 272 g/mol. The third-order valence-corrected chi connectivity index (χ3v) is 3.36. The van der Waals surface area contributed by atoms with E-state index >= 15 is 0 Å². The molecule has 0 radical (unpaired) electrons. The van der Waals surface area contributed by atoms with Crippen LogP contribution in [0.15, 0.2) is 18.2 Å². The Hall–Kier alpha value is -1.13. The summed E-state index contributed by atoms with van der Waals surface area (Å²) in [4.78, 5) is 2.09. The molecule has 0 bridgehead atoms. The third kappa shape index (κ3) is 3.96. The lowest BCUT2D eigenvalue weighted by molar-refractivity contribution is 0.263. The number of halogens is 2. The van der Waals surface area contributed by atoms with Gasteiger partial charge in [0.25, 0.3) is 0 Å². The van der Waals surface area contributed by atoms with Gasteiger partial charge in [-0.05, 0) is 18.2 Å². The second-order valence-electron chi connectivity index (χ2n) is 4.40. The van der Waals surface area contributed by atoms with Crippen LogP contribution in [0.2, 0.25) is 5.02 Å². The van der Waals surface area contributed by atoms with Crippen LogP contribution in [0.4, 0.5) is 4.39 Å². The van der Waals surface area contributed by atoms with E-state index in [-0.39, 0.29) is 16.8 Å². The summed E-state index contributed by atoms with van der Waals surface area (Å²) in [7, 11) is 0. The molecule has 5 heteroatoms. The minimum absolute atomic E-state index is 0.0164. The van der Waals surface area contributed by atoms with Crippen molar-refractivity contribution in [3.63, 3.8) is 0 Å². The number of amidine groups is 1. The molecule has 1 unspecified atom stereocenters. The van der Waals surface area contributed by atoms with Gasteiger partial charge < -0.3 is 5.73 Å². The van der Waals surface area contributed by atoms with E-state index in [2.05, 4.69) is 4.90 Å². The van der Waals surface area contributed by atoms with Crippen LogP contribution < -0.4 is 5.73 Å². The molecule has 0 fully saturated rings. The van der Waals surface area contributed by atoms with Gasteiger partial charge in [-0.25, -0.2) is 4.39 Å².